The first-order chi connectivity index (χ1) is 14.2. The van der Waals surface area contributed by atoms with E-state index >= 15 is 0 Å². The number of hydrogen-bond acceptors (Lipinski definition) is 4. The molecule has 0 aliphatic heterocycles. The van der Waals surface area contributed by atoms with E-state index in [1.165, 1.54) is 0 Å². The highest BCUT2D eigenvalue weighted by Gasteiger charge is 2.65. The number of ketones is 1. The van der Waals surface area contributed by atoms with Crippen LogP contribution in [0.4, 0.5) is 5.69 Å². The van der Waals surface area contributed by atoms with Crippen LogP contribution < -0.4 is 4.72 Å². The Balaban J connectivity index is 1.48. The second kappa shape index (κ2) is 6.41. The summed E-state index contributed by atoms with van der Waals surface area (Å²) in [5, 5.41) is 0. The molecule has 2 saturated carbocycles. The van der Waals surface area contributed by atoms with Crippen LogP contribution in [0.3, 0.4) is 0 Å². The van der Waals surface area contributed by atoms with Gasteiger partial charge < -0.3 is 4.40 Å². The van der Waals surface area contributed by atoms with Crippen LogP contribution in [-0.2, 0) is 14.8 Å². The average molecular weight is 424 g/mol. The normalized spacial score (nSPS) is 25.1. The summed E-state index contributed by atoms with van der Waals surface area (Å²) in [5.41, 5.74) is 1.59. The molecule has 30 heavy (non-hydrogen) atoms. The molecule has 0 spiro atoms. The number of hydrogen-bond donors (Lipinski definition) is 1. The lowest BCUT2D eigenvalue weighted by atomic mass is 9.70. The number of fused-ring (bicyclic) bond motifs is 3. The van der Waals surface area contributed by atoms with Gasteiger partial charge in [-0.2, -0.15) is 0 Å². The first-order valence-electron chi connectivity index (χ1n) is 10.3. The largest absolute Gasteiger partial charge is 0.306 e. The molecule has 1 N–H and O–H groups in total. The fourth-order valence-corrected chi connectivity index (χ4v) is 7.41. The Labute approximate surface area is 176 Å². The Morgan fingerprint density at radius 3 is 2.63 bits per heavy atom. The van der Waals surface area contributed by atoms with Crippen LogP contribution in [0, 0.1) is 16.7 Å². The molecular weight excluding hydrogens is 398 g/mol. The number of aromatic nitrogens is 2. The number of sulfonamides is 1. The Kier molecular flexibility index (Phi) is 4.13. The first kappa shape index (κ1) is 19.3. The number of benzene rings is 1. The van der Waals surface area contributed by atoms with Gasteiger partial charge in [-0.05, 0) is 42.4 Å². The average Bonchev–Trinajstić information content (AvgIpc) is 3.27. The predicted molar refractivity (Wildman–Crippen MR) is 117 cm³/mol. The van der Waals surface area contributed by atoms with Crippen molar-refractivity contribution in [2.75, 3.05) is 10.5 Å². The molecule has 2 fully saturated rings. The minimum atomic E-state index is -3.73. The molecule has 3 aromatic rings. The fourth-order valence-electron chi connectivity index (χ4n) is 5.50. The molecule has 2 aliphatic carbocycles. The number of nitrogens with zero attached hydrogens (tertiary/aromatic N) is 2. The number of anilines is 1. The molecule has 0 saturated heterocycles. The molecule has 0 radical (unpaired) electrons. The highest BCUT2D eigenvalue weighted by Crippen LogP contribution is 2.64. The number of pyridine rings is 1. The number of carbonyl (C=O) groups is 1. The highest BCUT2D eigenvalue weighted by molar-refractivity contribution is 7.92. The van der Waals surface area contributed by atoms with Crippen molar-refractivity contribution < 1.29 is 13.2 Å². The minimum absolute atomic E-state index is 0.0998. The van der Waals surface area contributed by atoms with Gasteiger partial charge in [-0.1, -0.05) is 38.1 Å². The quantitative estimate of drug-likeness (QED) is 0.669. The van der Waals surface area contributed by atoms with E-state index in [-0.39, 0.29) is 22.9 Å². The lowest BCUT2D eigenvalue weighted by Crippen LogP contribution is -2.43. The third-order valence-corrected chi connectivity index (χ3v) is 8.81. The summed E-state index contributed by atoms with van der Waals surface area (Å²) >= 11 is 0. The van der Waals surface area contributed by atoms with E-state index in [9.17, 15) is 13.2 Å². The van der Waals surface area contributed by atoms with Crippen LogP contribution >= 0.6 is 0 Å². The van der Waals surface area contributed by atoms with Gasteiger partial charge in [-0.25, -0.2) is 13.4 Å². The SMILES string of the molecule is CC1(C)C2CCC1(CS(=O)(=O)Nc1ccccc1-c1cn3ccccc3n1)C(=O)C2. The van der Waals surface area contributed by atoms with Gasteiger partial charge in [0.1, 0.15) is 11.4 Å². The van der Waals surface area contributed by atoms with E-state index in [1.807, 2.05) is 47.1 Å². The molecule has 2 heterocycles. The molecule has 7 heteroatoms. The second-order valence-electron chi connectivity index (χ2n) is 9.17. The predicted octanol–water partition coefficient (Wildman–Crippen LogP) is 4.14. The molecule has 2 atom stereocenters. The van der Waals surface area contributed by atoms with Gasteiger partial charge in [0.2, 0.25) is 10.0 Å². The van der Waals surface area contributed by atoms with E-state index < -0.39 is 15.4 Å². The summed E-state index contributed by atoms with van der Waals surface area (Å²) in [6.07, 6.45) is 5.86. The third-order valence-electron chi connectivity index (χ3n) is 7.41. The Hall–Kier alpha value is -2.67. The van der Waals surface area contributed by atoms with Crippen molar-refractivity contribution in [2.24, 2.45) is 16.7 Å². The molecule has 2 bridgehead atoms. The fraction of sp³-hybridized carbons (Fsp3) is 0.391. The van der Waals surface area contributed by atoms with Crippen molar-refractivity contribution >= 4 is 27.1 Å². The second-order valence-corrected chi connectivity index (χ2v) is 10.9. The monoisotopic (exact) mass is 423 g/mol. The van der Waals surface area contributed by atoms with Gasteiger partial charge >= 0.3 is 0 Å². The third kappa shape index (κ3) is 2.79. The van der Waals surface area contributed by atoms with Crippen molar-refractivity contribution in [3.63, 3.8) is 0 Å². The molecule has 2 unspecified atom stereocenters. The summed E-state index contributed by atoms with van der Waals surface area (Å²) in [6, 6.07) is 13.0. The summed E-state index contributed by atoms with van der Waals surface area (Å²) in [6.45, 7) is 4.10. The summed E-state index contributed by atoms with van der Waals surface area (Å²) in [4.78, 5) is 17.4. The van der Waals surface area contributed by atoms with Gasteiger partial charge in [0, 0.05) is 24.4 Å². The molecule has 6 nitrogen and oxygen atoms in total. The maximum Gasteiger partial charge on any atom is 0.233 e. The van der Waals surface area contributed by atoms with Gasteiger partial charge in [0.15, 0.2) is 0 Å². The van der Waals surface area contributed by atoms with E-state index in [4.69, 9.17) is 0 Å². The molecule has 156 valence electrons. The van der Waals surface area contributed by atoms with E-state index in [2.05, 4.69) is 23.6 Å². The topological polar surface area (TPSA) is 80.5 Å². The van der Waals surface area contributed by atoms with Gasteiger partial charge in [0.05, 0.1) is 22.5 Å². The highest BCUT2D eigenvalue weighted by atomic mass is 32.2. The lowest BCUT2D eigenvalue weighted by Gasteiger charge is -2.36. The van der Waals surface area contributed by atoms with Crippen LogP contribution in [0.25, 0.3) is 16.9 Å². The van der Waals surface area contributed by atoms with Gasteiger partial charge in [0.25, 0.3) is 0 Å². The number of rotatable bonds is 5. The number of carbonyl (C=O) groups excluding carboxylic acids is 1. The van der Waals surface area contributed by atoms with Crippen LogP contribution in [0.15, 0.2) is 54.9 Å². The molecule has 2 aliphatic rings. The number of nitrogens with one attached hydrogen (secondary N) is 1. The molecule has 2 aromatic heterocycles. The smallest absolute Gasteiger partial charge is 0.233 e. The Morgan fingerprint density at radius 2 is 1.93 bits per heavy atom. The lowest BCUT2D eigenvalue weighted by molar-refractivity contribution is -0.128. The van der Waals surface area contributed by atoms with Crippen LogP contribution in [0.5, 0.6) is 0 Å². The van der Waals surface area contributed by atoms with Gasteiger partial charge in [-0.15, -0.1) is 0 Å². The van der Waals surface area contributed by atoms with Crippen LogP contribution in [0.2, 0.25) is 0 Å². The van der Waals surface area contributed by atoms with E-state index in [0.717, 1.165) is 12.1 Å². The zero-order valence-electron chi connectivity index (χ0n) is 17.1. The van der Waals surface area contributed by atoms with Crippen molar-refractivity contribution in [1.82, 2.24) is 9.38 Å². The Morgan fingerprint density at radius 1 is 1.17 bits per heavy atom. The molecule has 0 amide bonds. The van der Waals surface area contributed by atoms with Crippen molar-refractivity contribution in [2.45, 2.75) is 33.1 Å². The van der Waals surface area contributed by atoms with E-state index in [0.29, 0.717) is 29.8 Å². The van der Waals surface area contributed by atoms with Crippen molar-refractivity contribution in [3.8, 4) is 11.3 Å². The van der Waals surface area contributed by atoms with Crippen molar-refractivity contribution in [1.29, 1.82) is 0 Å². The molecular formula is C23H25N3O3S. The number of Topliss-reactive ketones (excluding diaryl/α,β-unsaturated/α-hetero) is 1. The van der Waals surface area contributed by atoms with E-state index in [1.54, 1.807) is 12.1 Å². The van der Waals surface area contributed by atoms with Crippen LogP contribution in [0.1, 0.15) is 33.1 Å². The zero-order valence-corrected chi connectivity index (χ0v) is 17.9. The maximum absolute atomic E-state index is 13.2. The molecule has 1 aromatic carbocycles. The Bertz CT molecular complexity index is 1230. The number of imidazole rings is 1. The summed E-state index contributed by atoms with van der Waals surface area (Å²) in [7, 11) is -3.73. The maximum atomic E-state index is 13.2. The number of para-hydroxylation sites is 1. The van der Waals surface area contributed by atoms with Crippen molar-refractivity contribution in [3.05, 3.63) is 54.9 Å². The minimum Gasteiger partial charge on any atom is -0.306 e. The van der Waals surface area contributed by atoms with Gasteiger partial charge in [-0.3, -0.25) is 9.52 Å². The summed E-state index contributed by atoms with van der Waals surface area (Å²) < 4.78 is 31.1. The van der Waals surface area contributed by atoms with Crippen LogP contribution in [-0.4, -0.2) is 29.3 Å². The standard InChI is InChI=1S/C23H25N3O3S/c1-22(2)16-10-11-23(22,20(27)13-16)15-30(28,29)25-18-8-4-3-7-17(18)19-14-26-12-6-5-9-21(26)24-19/h3-9,12,14,16,25H,10-11,13,15H2,1-2H3. The molecule has 5 rings (SSSR count). The zero-order chi connectivity index (χ0) is 21.1. The summed E-state index contributed by atoms with van der Waals surface area (Å²) in [5.74, 6) is 0.218. The first-order valence-corrected chi connectivity index (χ1v) is 11.9.